The van der Waals surface area contributed by atoms with Gasteiger partial charge in [0.1, 0.15) is 0 Å². The molecule has 1 aliphatic rings. The van der Waals surface area contributed by atoms with Gasteiger partial charge in [-0.15, -0.1) is 0 Å². The Balaban J connectivity index is 2.67. The summed E-state index contributed by atoms with van der Waals surface area (Å²) in [6, 6.07) is 1.67. The van der Waals surface area contributed by atoms with Crippen LogP contribution in [0.3, 0.4) is 0 Å². The van der Waals surface area contributed by atoms with Crippen LogP contribution in [-0.2, 0) is 0 Å². The summed E-state index contributed by atoms with van der Waals surface area (Å²) < 4.78 is 10.3. The number of Topliss-reactive ketones (excluding diaryl/α,β-unsaturated/α-hetero) is 1. The molecule has 14 heavy (non-hydrogen) atoms. The molecule has 0 saturated carbocycles. The van der Waals surface area contributed by atoms with E-state index in [4.69, 9.17) is 21.1 Å². The van der Waals surface area contributed by atoms with Gasteiger partial charge in [-0.05, 0) is 25.5 Å². The van der Waals surface area contributed by atoms with Crippen LogP contribution < -0.4 is 9.47 Å². The van der Waals surface area contributed by atoms with E-state index in [9.17, 15) is 4.79 Å². The van der Waals surface area contributed by atoms with Gasteiger partial charge in [-0.1, -0.05) is 11.6 Å². The topological polar surface area (TPSA) is 35.5 Å². The molecule has 0 atom stereocenters. The Morgan fingerprint density at radius 2 is 2.21 bits per heavy atom. The summed E-state index contributed by atoms with van der Waals surface area (Å²) in [6.07, 6.45) is 0. The van der Waals surface area contributed by atoms with Crippen LogP contribution >= 0.6 is 11.6 Å². The molecule has 4 heteroatoms. The lowest BCUT2D eigenvalue weighted by Gasteiger charge is -2.06. The van der Waals surface area contributed by atoms with E-state index >= 15 is 0 Å². The number of rotatable bonds is 1. The van der Waals surface area contributed by atoms with Gasteiger partial charge < -0.3 is 9.47 Å². The van der Waals surface area contributed by atoms with Crippen LogP contribution in [0.1, 0.15) is 22.8 Å². The van der Waals surface area contributed by atoms with Gasteiger partial charge in [0.05, 0.1) is 5.02 Å². The number of fused-ring (bicyclic) bond motifs is 1. The maximum Gasteiger partial charge on any atom is 0.231 e. The lowest BCUT2D eigenvalue weighted by atomic mass is 10.0. The standard InChI is InChI=1S/C10H9ClO3/c1-5-7(6(2)12)3-8-10(9(5)11)14-4-13-8/h3H,4H2,1-2H3. The summed E-state index contributed by atoms with van der Waals surface area (Å²) >= 11 is 6.03. The van der Waals surface area contributed by atoms with Crippen LogP contribution in [0.2, 0.25) is 5.02 Å². The van der Waals surface area contributed by atoms with Crippen molar-refractivity contribution in [2.45, 2.75) is 13.8 Å². The SMILES string of the molecule is CC(=O)c1cc2c(c(Cl)c1C)OCO2. The van der Waals surface area contributed by atoms with Gasteiger partial charge in [0, 0.05) is 5.56 Å². The van der Waals surface area contributed by atoms with Crippen molar-refractivity contribution in [2.24, 2.45) is 0 Å². The minimum absolute atomic E-state index is 0.0253. The van der Waals surface area contributed by atoms with E-state index in [1.54, 1.807) is 13.0 Å². The first-order valence-electron chi connectivity index (χ1n) is 4.21. The predicted octanol–water partition coefficient (Wildman–Crippen LogP) is 2.58. The molecule has 1 aromatic rings. The van der Waals surface area contributed by atoms with Crippen molar-refractivity contribution in [3.05, 3.63) is 22.2 Å². The quantitative estimate of drug-likeness (QED) is 0.672. The average Bonchev–Trinajstić information content (AvgIpc) is 2.58. The van der Waals surface area contributed by atoms with Gasteiger partial charge in [0.25, 0.3) is 0 Å². The van der Waals surface area contributed by atoms with Gasteiger partial charge in [-0.3, -0.25) is 4.79 Å². The largest absolute Gasteiger partial charge is 0.454 e. The van der Waals surface area contributed by atoms with E-state index in [1.807, 2.05) is 0 Å². The van der Waals surface area contributed by atoms with E-state index in [0.29, 0.717) is 22.1 Å². The van der Waals surface area contributed by atoms with Gasteiger partial charge in [0.2, 0.25) is 6.79 Å². The molecule has 0 bridgehead atoms. The number of benzene rings is 1. The summed E-state index contributed by atoms with van der Waals surface area (Å²) in [5.74, 6) is 1.06. The molecule has 3 nitrogen and oxygen atoms in total. The monoisotopic (exact) mass is 212 g/mol. The number of ether oxygens (including phenoxy) is 2. The molecule has 0 saturated heterocycles. The fourth-order valence-electron chi connectivity index (χ4n) is 1.46. The Labute approximate surface area is 86.6 Å². The molecule has 0 aliphatic carbocycles. The molecule has 1 heterocycles. The van der Waals surface area contributed by atoms with Crippen molar-refractivity contribution in [1.82, 2.24) is 0 Å². The summed E-state index contributed by atoms with van der Waals surface area (Å²) in [7, 11) is 0. The van der Waals surface area contributed by atoms with Gasteiger partial charge in [0.15, 0.2) is 17.3 Å². The molecule has 0 amide bonds. The van der Waals surface area contributed by atoms with E-state index in [2.05, 4.69) is 0 Å². The lowest BCUT2D eigenvalue weighted by molar-refractivity contribution is 0.101. The Morgan fingerprint density at radius 3 is 2.86 bits per heavy atom. The molecule has 0 spiro atoms. The minimum atomic E-state index is -0.0253. The molecule has 1 aliphatic heterocycles. The van der Waals surface area contributed by atoms with Crippen LogP contribution in [0.25, 0.3) is 0 Å². The third kappa shape index (κ3) is 1.24. The van der Waals surface area contributed by atoms with Gasteiger partial charge in [-0.2, -0.15) is 0 Å². The Kier molecular flexibility index (Phi) is 2.11. The Hall–Kier alpha value is -1.22. The summed E-state index contributed by atoms with van der Waals surface area (Å²) in [6.45, 7) is 3.46. The molecule has 2 rings (SSSR count). The van der Waals surface area contributed by atoms with Crippen LogP contribution in [0.5, 0.6) is 11.5 Å². The van der Waals surface area contributed by atoms with Crippen LogP contribution in [0.4, 0.5) is 0 Å². The van der Waals surface area contributed by atoms with Gasteiger partial charge in [-0.25, -0.2) is 0 Å². The summed E-state index contributed by atoms with van der Waals surface area (Å²) in [4.78, 5) is 11.3. The maximum absolute atomic E-state index is 11.3. The lowest BCUT2D eigenvalue weighted by Crippen LogP contribution is -1.97. The van der Waals surface area contributed by atoms with E-state index in [0.717, 1.165) is 5.56 Å². The first-order valence-corrected chi connectivity index (χ1v) is 4.58. The van der Waals surface area contributed by atoms with Crippen LogP contribution in [0.15, 0.2) is 6.07 Å². The van der Waals surface area contributed by atoms with Crippen LogP contribution in [0, 0.1) is 6.92 Å². The normalized spacial score (nSPS) is 13.1. The van der Waals surface area contributed by atoms with Crippen molar-refractivity contribution < 1.29 is 14.3 Å². The highest BCUT2D eigenvalue weighted by atomic mass is 35.5. The molecule has 0 N–H and O–H groups in total. The Morgan fingerprint density at radius 1 is 1.50 bits per heavy atom. The van der Waals surface area contributed by atoms with Crippen LogP contribution in [-0.4, -0.2) is 12.6 Å². The zero-order valence-corrected chi connectivity index (χ0v) is 8.64. The second-order valence-corrected chi connectivity index (χ2v) is 3.53. The van der Waals surface area contributed by atoms with Crippen molar-refractivity contribution >= 4 is 17.4 Å². The minimum Gasteiger partial charge on any atom is -0.454 e. The van der Waals surface area contributed by atoms with E-state index < -0.39 is 0 Å². The fraction of sp³-hybridized carbons (Fsp3) is 0.300. The fourth-order valence-corrected chi connectivity index (χ4v) is 1.71. The first-order chi connectivity index (χ1) is 6.61. The molecular formula is C10H9ClO3. The van der Waals surface area contributed by atoms with Crippen molar-refractivity contribution in [2.75, 3.05) is 6.79 Å². The Bertz CT molecular complexity index is 412. The molecule has 0 unspecified atom stereocenters. The third-order valence-corrected chi connectivity index (χ3v) is 2.68. The number of carbonyl (C=O) groups excluding carboxylic acids is 1. The zero-order valence-electron chi connectivity index (χ0n) is 7.89. The third-order valence-electron chi connectivity index (χ3n) is 2.23. The maximum atomic E-state index is 11.3. The summed E-state index contributed by atoms with van der Waals surface area (Å²) in [5.41, 5.74) is 1.32. The average molecular weight is 213 g/mol. The second-order valence-electron chi connectivity index (χ2n) is 3.15. The number of carbonyl (C=O) groups is 1. The van der Waals surface area contributed by atoms with Crippen molar-refractivity contribution in [1.29, 1.82) is 0 Å². The van der Waals surface area contributed by atoms with E-state index in [1.165, 1.54) is 6.92 Å². The zero-order chi connectivity index (χ0) is 10.3. The van der Waals surface area contributed by atoms with Gasteiger partial charge >= 0.3 is 0 Å². The molecule has 0 aromatic heterocycles. The molecular weight excluding hydrogens is 204 g/mol. The number of hydrogen-bond acceptors (Lipinski definition) is 3. The number of ketones is 1. The smallest absolute Gasteiger partial charge is 0.231 e. The molecule has 74 valence electrons. The molecule has 0 fully saturated rings. The number of halogens is 1. The predicted molar refractivity (Wildman–Crippen MR) is 52.3 cm³/mol. The molecule has 1 aromatic carbocycles. The highest BCUT2D eigenvalue weighted by Crippen LogP contribution is 2.42. The van der Waals surface area contributed by atoms with Crippen molar-refractivity contribution in [3.8, 4) is 11.5 Å². The summed E-state index contributed by atoms with van der Waals surface area (Å²) in [5, 5.41) is 0.463. The van der Waals surface area contributed by atoms with Crippen molar-refractivity contribution in [3.63, 3.8) is 0 Å². The molecule has 0 radical (unpaired) electrons. The second kappa shape index (κ2) is 3.17. The number of hydrogen-bond donors (Lipinski definition) is 0. The first kappa shape index (κ1) is 9.34. The highest BCUT2D eigenvalue weighted by Gasteiger charge is 2.22. The van der Waals surface area contributed by atoms with E-state index in [-0.39, 0.29) is 12.6 Å². The highest BCUT2D eigenvalue weighted by molar-refractivity contribution is 6.33.